The van der Waals surface area contributed by atoms with Crippen LogP contribution in [0.2, 0.25) is 0 Å². The van der Waals surface area contributed by atoms with Crippen LogP contribution >= 0.6 is 11.3 Å². The third-order valence-electron chi connectivity index (χ3n) is 4.79. The van der Waals surface area contributed by atoms with Crippen LogP contribution in [0.4, 0.5) is 5.69 Å². The number of benzene rings is 1. The molecule has 116 valence electrons. The number of hydrogen-bond acceptors (Lipinski definition) is 3. The van der Waals surface area contributed by atoms with Crippen molar-refractivity contribution >= 4 is 23.0 Å². The number of nitrogens with one attached hydrogen (secondary N) is 1. The van der Waals surface area contributed by atoms with E-state index < -0.39 is 5.97 Å². The van der Waals surface area contributed by atoms with Crippen molar-refractivity contribution in [2.75, 3.05) is 5.32 Å². The zero-order chi connectivity index (χ0) is 15.7. The lowest BCUT2D eigenvalue weighted by atomic mass is 9.74. The number of fused-ring (bicyclic) bond motifs is 1. The first-order valence-electron chi connectivity index (χ1n) is 7.67. The Morgan fingerprint density at radius 2 is 2.14 bits per heavy atom. The zero-order valence-electron chi connectivity index (χ0n) is 12.9. The molecule has 0 aliphatic carbocycles. The highest BCUT2D eigenvalue weighted by molar-refractivity contribution is 7.12. The van der Waals surface area contributed by atoms with Gasteiger partial charge in [-0.05, 0) is 53.8 Å². The molecule has 22 heavy (non-hydrogen) atoms. The van der Waals surface area contributed by atoms with Gasteiger partial charge in [-0.2, -0.15) is 0 Å². The molecular formula is C18H21NO2S. The molecule has 1 unspecified atom stereocenters. The Labute approximate surface area is 135 Å². The van der Waals surface area contributed by atoms with Gasteiger partial charge in [0.25, 0.3) is 0 Å². The van der Waals surface area contributed by atoms with E-state index in [1.54, 1.807) is 0 Å². The van der Waals surface area contributed by atoms with E-state index >= 15 is 0 Å². The number of aromatic carboxylic acids is 1. The van der Waals surface area contributed by atoms with E-state index in [9.17, 15) is 9.90 Å². The molecule has 0 radical (unpaired) electrons. The maximum atomic E-state index is 11.4. The number of rotatable bonds is 4. The largest absolute Gasteiger partial charge is 0.477 e. The Bertz CT molecular complexity index is 692. The molecule has 0 saturated heterocycles. The summed E-state index contributed by atoms with van der Waals surface area (Å²) in [7, 11) is 0. The first kappa shape index (κ1) is 15.1. The van der Waals surface area contributed by atoms with Crippen LogP contribution in [0.15, 0.2) is 35.7 Å². The van der Waals surface area contributed by atoms with Crippen LogP contribution in [0.25, 0.3) is 0 Å². The molecule has 0 bridgehead atoms. The lowest BCUT2D eigenvalue weighted by molar-refractivity contribution is 0.0700. The predicted molar refractivity (Wildman–Crippen MR) is 90.9 cm³/mol. The minimum atomic E-state index is -0.819. The first-order valence-corrected chi connectivity index (χ1v) is 8.55. The average Bonchev–Trinajstić information content (AvgIpc) is 2.95. The Kier molecular flexibility index (Phi) is 3.96. The summed E-state index contributed by atoms with van der Waals surface area (Å²) in [5.41, 5.74) is 3.40. The highest BCUT2D eigenvalue weighted by Gasteiger charge is 2.38. The molecule has 0 saturated carbocycles. The van der Waals surface area contributed by atoms with Crippen LogP contribution in [0.3, 0.4) is 0 Å². The van der Waals surface area contributed by atoms with Crippen molar-refractivity contribution in [3.63, 3.8) is 0 Å². The van der Waals surface area contributed by atoms with Crippen molar-refractivity contribution < 1.29 is 9.90 Å². The third kappa shape index (κ3) is 2.63. The summed E-state index contributed by atoms with van der Waals surface area (Å²) in [6.45, 7) is 4.43. The van der Waals surface area contributed by atoms with E-state index in [4.69, 9.17) is 0 Å². The van der Waals surface area contributed by atoms with Crippen molar-refractivity contribution in [1.29, 1.82) is 0 Å². The fourth-order valence-electron chi connectivity index (χ4n) is 3.32. The third-order valence-corrected chi connectivity index (χ3v) is 5.74. The minimum absolute atomic E-state index is 0.0837. The number of anilines is 1. The maximum absolute atomic E-state index is 11.4. The number of aryl methyl sites for hydroxylation is 1. The van der Waals surface area contributed by atoms with Crippen molar-refractivity contribution in [1.82, 2.24) is 0 Å². The van der Waals surface area contributed by atoms with Crippen molar-refractivity contribution in [2.45, 2.75) is 38.6 Å². The molecule has 3 rings (SSSR count). The topological polar surface area (TPSA) is 49.3 Å². The van der Waals surface area contributed by atoms with E-state index in [0.29, 0.717) is 10.8 Å². The molecule has 0 spiro atoms. The summed E-state index contributed by atoms with van der Waals surface area (Å²) >= 11 is 1.31. The second-order valence-electron chi connectivity index (χ2n) is 6.35. The van der Waals surface area contributed by atoms with Gasteiger partial charge in [-0.1, -0.05) is 32.0 Å². The monoisotopic (exact) mass is 315 g/mol. The van der Waals surface area contributed by atoms with Gasteiger partial charge in [0.05, 0.1) is 0 Å². The molecular weight excluding hydrogens is 294 g/mol. The van der Waals surface area contributed by atoms with Crippen LogP contribution in [0.5, 0.6) is 0 Å². The van der Waals surface area contributed by atoms with E-state index in [-0.39, 0.29) is 5.54 Å². The van der Waals surface area contributed by atoms with Gasteiger partial charge in [-0.15, -0.1) is 11.3 Å². The molecule has 1 aromatic carbocycles. The molecule has 3 nitrogen and oxygen atoms in total. The minimum Gasteiger partial charge on any atom is -0.477 e. The van der Waals surface area contributed by atoms with Gasteiger partial charge in [0.1, 0.15) is 4.88 Å². The molecule has 2 heterocycles. The number of carboxylic acids is 1. The molecule has 1 aliphatic heterocycles. The fraction of sp³-hybridized carbons (Fsp3) is 0.389. The van der Waals surface area contributed by atoms with E-state index in [0.717, 1.165) is 24.8 Å². The summed E-state index contributed by atoms with van der Waals surface area (Å²) in [6.07, 6.45) is 2.81. The van der Waals surface area contributed by atoms with Crippen LogP contribution < -0.4 is 5.32 Å². The average molecular weight is 315 g/mol. The molecule has 2 aromatic rings. The highest BCUT2D eigenvalue weighted by Crippen LogP contribution is 2.38. The molecule has 4 heteroatoms. The number of para-hydroxylation sites is 1. The van der Waals surface area contributed by atoms with Crippen molar-refractivity contribution in [2.24, 2.45) is 5.92 Å². The molecule has 0 amide bonds. The summed E-state index contributed by atoms with van der Waals surface area (Å²) in [6, 6.07) is 10.4. The van der Waals surface area contributed by atoms with Crippen LogP contribution in [-0.2, 0) is 12.8 Å². The first-order chi connectivity index (χ1) is 10.5. The molecule has 1 aromatic heterocycles. The number of carboxylic acid groups (broad SMARTS) is 1. The maximum Gasteiger partial charge on any atom is 0.346 e. The van der Waals surface area contributed by atoms with Crippen molar-refractivity contribution in [3.05, 3.63) is 51.7 Å². The van der Waals surface area contributed by atoms with Gasteiger partial charge in [0.2, 0.25) is 0 Å². The van der Waals surface area contributed by atoms with Gasteiger partial charge in [0, 0.05) is 11.2 Å². The molecule has 1 aliphatic rings. The van der Waals surface area contributed by atoms with Gasteiger partial charge in [-0.25, -0.2) is 4.79 Å². The van der Waals surface area contributed by atoms with Crippen LogP contribution in [0.1, 0.15) is 41.1 Å². The molecule has 2 N–H and O–H groups in total. The second-order valence-corrected chi connectivity index (χ2v) is 7.27. The predicted octanol–water partition coefficient (Wildman–Crippen LogP) is 4.44. The lowest BCUT2D eigenvalue weighted by Gasteiger charge is -2.43. The van der Waals surface area contributed by atoms with Gasteiger partial charge < -0.3 is 10.4 Å². The summed E-state index contributed by atoms with van der Waals surface area (Å²) < 4.78 is 0. The quantitative estimate of drug-likeness (QED) is 0.877. The smallest absolute Gasteiger partial charge is 0.346 e. The molecule has 0 fully saturated rings. The van der Waals surface area contributed by atoms with Gasteiger partial charge in [0.15, 0.2) is 0 Å². The lowest BCUT2D eigenvalue weighted by Crippen LogP contribution is -2.48. The van der Waals surface area contributed by atoms with Gasteiger partial charge >= 0.3 is 5.97 Å². The van der Waals surface area contributed by atoms with Crippen LogP contribution in [-0.4, -0.2) is 16.6 Å². The van der Waals surface area contributed by atoms with Crippen molar-refractivity contribution in [3.8, 4) is 0 Å². The molecule has 1 atom stereocenters. The second kappa shape index (κ2) is 5.76. The fourth-order valence-corrected chi connectivity index (χ4v) is 4.08. The summed E-state index contributed by atoms with van der Waals surface area (Å²) in [4.78, 5) is 11.9. The Balaban J connectivity index is 1.94. The van der Waals surface area contributed by atoms with Crippen LogP contribution in [0, 0.1) is 5.92 Å². The summed E-state index contributed by atoms with van der Waals surface area (Å²) in [5.74, 6) is -0.400. The van der Waals surface area contributed by atoms with E-state index in [2.05, 4.69) is 43.4 Å². The van der Waals surface area contributed by atoms with E-state index in [1.807, 2.05) is 11.4 Å². The highest BCUT2D eigenvalue weighted by atomic mass is 32.1. The Hall–Kier alpha value is -1.81. The number of thiophene rings is 1. The number of carbonyl (C=O) groups is 1. The standard InChI is InChI=1S/C18H21NO2S/c1-12(2)18(11-14-8-10-22-16(14)17(20)21)9-7-13-5-3-4-6-15(13)19-18/h3-6,8,10,12,19H,7,9,11H2,1-2H3,(H,20,21). The summed E-state index contributed by atoms with van der Waals surface area (Å²) in [5, 5.41) is 15.0. The Morgan fingerprint density at radius 3 is 2.86 bits per heavy atom. The van der Waals surface area contributed by atoms with Gasteiger partial charge in [-0.3, -0.25) is 0 Å². The normalized spacial score (nSPS) is 20.5. The van der Waals surface area contributed by atoms with E-state index in [1.165, 1.54) is 22.6 Å². The SMILES string of the molecule is CC(C)C1(Cc2ccsc2C(=O)O)CCc2ccccc2N1. The zero-order valence-corrected chi connectivity index (χ0v) is 13.7. The Morgan fingerprint density at radius 1 is 1.36 bits per heavy atom. The number of hydrogen-bond donors (Lipinski definition) is 2.